The number of aryl methyl sites for hydroxylation is 2. The van der Waals surface area contributed by atoms with Gasteiger partial charge in [-0.3, -0.25) is 0 Å². The highest BCUT2D eigenvalue weighted by Gasteiger charge is 2.07. The van der Waals surface area contributed by atoms with Gasteiger partial charge in [-0.05, 0) is 32.0 Å². The lowest BCUT2D eigenvalue weighted by Gasteiger charge is -2.12. The number of nitrogens with one attached hydrogen (secondary N) is 2. The Balaban J connectivity index is 1.38. The molecule has 0 saturated heterocycles. The lowest BCUT2D eigenvalue weighted by atomic mass is 10.1. The van der Waals surface area contributed by atoms with Crippen molar-refractivity contribution in [2.75, 3.05) is 10.6 Å². The molecule has 166 valence electrons. The molecule has 5 rings (SSSR count). The van der Waals surface area contributed by atoms with Crippen LogP contribution in [0.25, 0.3) is 22.5 Å². The van der Waals surface area contributed by atoms with Crippen LogP contribution in [0.15, 0.2) is 97.1 Å². The number of aromatic nitrogens is 4. The van der Waals surface area contributed by atoms with E-state index in [-0.39, 0.29) is 0 Å². The molecular formula is C28H24N6. The van der Waals surface area contributed by atoms with Crippen LogP contribution in [0.4, 0.5) is 23.0 Å². The van der Waals surface area contributed by atoms with Gasteiger partial charge in [-0.15, -0.1) is 0 Å². The summed E-state index contributed by atoms with van der Waals surface area (Å²) in [6.07, 6.45) is 0. The Morgan fingerprint density at radius 1 is 0.471 bits per heavy atom. The minimum Gasteiger partial charge on any atom is -0.340 e. The Morgan fingerprint density at radius 2 is 0.912 bits per heavy atom. The topological polar surface area (TPSA) is 75.6 Å². The maximum Gasteiger partial charge on any atom is 0.134 e. The highest BCUT2D eigenvalue weighted by Crippen LogP contribution is 2.26. The van der Waals surface area contributed by atoms with Gasteiger partial charge in [0.15, 0.2) is 0 Å². The highest BCUT2D eigenvalue weighted by atomic mass is 15.0. The molecule has 2 N–H and O–H groups in total. The van der Waals surface area contributed by atoms with Crippen LogP contribution in [0.3, 0.4) is 0 Å². The summed E-state index contributed by atoms with van der Waals surface area (Å²) in [4.78, 5) is 18.3. The van der Waals surface area contributed by atoms with E-state index in [2.05, 4.69) is 30.6 Å². The average molecular weight is 445 g/mol. The van der Waals surface area contributed by atoms with Crippen LogP contribution in [-0.4, -0.2) is 19.9 Å². The van der Waals surface area contributed by atoms with Crippen LogP contribution in [0.2, 0.25) is 0 Å². The molecule has 0 bridgehead atoms. The third-order valence-electron chi connectivity index (χ3n) is 5.22. The van der Waals surface area contributed by atoms with E-state index in [4.69, 9.17) is 0 Å². The van der Waals surface area contributed by atoms with Crippen molar-refractivity contribution in [3.05, 3.63) is 109 Å². The van der Waals surface area contributed by atoms with E-state index >= 15 is 0 Å². The van der Waals surface area contributed by atoms with Crippen molar-refractivity contribution in [2.45, 2.75) is 13.8 Å². The van der Waals surface area contributed by atoms with Crippen LogP contribution in [0, 0.1) is 13.8 Å². The quantitative estimate of drug-likeness (QED) is 0.303. The normalized spacial score (nSPS) is 10.6. The van der Waals surface area contributed by atoms with Crippen molar-refractivity contribution >= 4 is 23.0 Å². The van der Waals surface area contributed by atoms with Crippen molar-refractivity contribution in [1.29, 1.82) is 0 Å². The molecule has 34 heavy (non-hydrogen) atoms. The number of nitrogens with zero attached hydrogens (tertiary/aromatic N) is 4. The minimum atomic E-state index is 0.711. The van der Waals surface area contributed by atoms with Crippen molar-refractivity contribution in [2.24, 2.45) is 0 Å². The largest absolute Gasteiger partial charge is 0.340 e. The summed E-state index contributed by atoms with van der Waals surface area (Å²) in [7, 11) is 0. The van der Waals surface area contributed by atoms with Crippen molar-refractivity contribution < 1.29 is 0 Å². The third kappa shape index (κ3) is 5.07. The Bertz CT molecular complexity index is 1310. The molecule has 0 fully saturated rings. The highest BCUT2D eigenvalue weighted by molar-refractivity contribution is 5.70. The summed E-state index contributed by atoms with van der Waals surface area (Å²) in [5.74, 6) is 2.91. The second kappa shape index (κ2) is 9.50. The summed E-state index contributed by atoms with van der Waals surface area (Å²) in [6.45, 7) is 3.80. The second-order valence-corrected chi connectivity index (χ2v) is 7.93. The van der Waals surface area contributed by atoms with Gasteiger partial charge in [0, 0.05) is 34.6 Å². The molecule has 0 aliphatic heterocycles. The van der Waals surface area contributed by atoms with Crippen LogP contribution in [0.5, 0.6) is 0 Å². The maximum atomic E-state index is 4.58. The van der Waals surface area contributed by atoms with Gasteiger partial charge in [0.1, 0.15) is 23.3 Å². The van der Waals surface area contributed by atoms with Crippen molar-refractivity contribution in [1.82, 2.24) is 19.9 Å². The fourth-order valence-corrected chi connectivity index (χ4v) is 3.75. The van der Waals surface area contributed by atoms with Gasteiger partial charge in [-0.2, -0.15) is 0 Å². The molecule has 3 aromatic carbocycles. The Kier molecular flexibility index (Phi) is 5.95. The molecular weight excluding hydrogens is 420 g/mol. The van der Waals surface area contributed by atoms with Gasteiger partial charge < -0.3 is 10.6 Å². The molecule has 6 nitrogen and oxygen atoms in total. The first-order valence-electron chi connectivity index (χ1n) is 11.1. The summed E-state index contributed by atoms with van der Waals surface area (Å²) < 4.78 is 0. The lowest BCUT2D eigenvalue weighted by Crippen LogP contribution is -2.01. The third-order valence-corrected chi connectivity index (χ3v) is 5.22. The van der Waals surface area contributed by atoms with E-state index in [9.17, 15) is 0 Å². The van der Waals surface area contributed by atoms with E-state index in [0.29, 0.717) is 11.6 Å². The molecule has 0 unspecified atom stereocenters. The molecule has 0 aliphatic rings. The SMILES string of the molecule is Cc1nc(Nc2cccc(Nc3cc(-c4ccccc4)nc(C)n3)c2)cc(-c2ccccc2)n1. The zero-order chi connectivity index (χ0) is 23.3. The summed E-state index contributed by atoms with van der Waals surface area (Å²) >= 11 is 0. The van der Waals surface area contributed by atoms with E-state index < -0.39 is 0 Å². The summed E-state index contributed by atoms with van der Waals surface area (Å²) in [5, 5.41) is 6.81. The maximum absolute atomic E-state index is 4.58. The molecule has 2 aromatic heterocycles. The first-order chi connectivity index (χ1) is 16.6. The first-order valence-corrected chi connectivity index (χ1v) is 11.1. The molecule has 0 saturated carbocycles. The number of anilines is 4. The van der Waals surface area contributed by atoms with Gasteiger partial charge >= 0.3 is 0 Å². The fraction of sp³-hybridized carbons (Fsp3) is 0.0714. The summed E-state index contributed by atoms with van der Waals surface area (Å²) in [5.41, 5.74) is 5.71. The van der Waals surface area contributed by atoms with Crippen LogP contribution in [0.1, 0.15) is 11.6 Å². The lowest BCUT2D eigenvalue weighted by molar-refractivity contribution is 1.06. The Hall–Kier alpha value is -4.58. The molecule has 5 aromatic rings. The zero-order valence-corrected chi connectivity index (χ0v) is 19.0. The molecule has 0 atom stereocenters. The van der Waals surface area contributed by atoms with Crippen LogP contribution in [-0.2, 0) is 0 Å². The monoisotopic (exact) mass is 444 g/mol. The van der Waals surface area contributed by atoms with Crippen molar-refractivity contribution in [3.8, 4) is 22.5 Å². The number of hydrogen-bond donors (Lipinski definition) is 2. The van der Waals surface area contributed by atoms with Crippen LogP contribution >= 0.6 is 0 Å². The smallest absolute Gasteiger partial charge is 0.134 e. The van der Waals surface area contributed by atoms with E-state index in [0.717, 1.165) is 45.5 Å². The van der Waals surface area contributed by atoms with Crippen LogP contribution < -0.4 is 10.6 Å². The minimum absolute atomic E-state index is 0.711. The molecule has 0 amide bonds. The molecule has 0 radical (unpaired) electrons. The van der Waals surface area contributed by atoms with Gasteiger partial charge in [-0.25, -0.2) is 19.9 Å². The Morgan fingerprint density at radius 3 is 1.35 bits per heavy atom. The second-order valence-electron chi connectivity index (χ2n) is 7.93. The van der Waals surface area contributed by atoms with E-state index in [1.54, 1.807) is 0 Å². The number of hydrogen-bond acceptors (Lipinski definition) is 6. The van der Waals surface area contributed by atoms with Gasteiger partial charge in [0.2, 0.25) is 0 Å². The predicted octanol–water partition coefficient (Wildman–Crippen LogP) is 6.70. The zero-order valence-electron chi connectivity index (χ0n) is 19.0. The van der Waals surface area contributed by atoms with Gasteiger partial charge in [-0.1, -0.05) is 66.7 Å². The average Bonchev–Trinajstić information content (AvgIpc) is 2.85. The van der Waals surface area contributed by atoms with Gasteiger partial charge in [0.25, 0.3) is 0 Å². The van der Waals surface area contributed by atoms with E-state index in [1.165, 1.54) is 0 Å². The molecule has 2 heterocycles. The molecule has 6 heteroatoms. The summed E-state index contributed by atoms with van der Waals surface area (Å²) in [6, 6.07) is 32.2. The van der Waals surface area contributed by atoms with Crippen molar-refractivity contribution in [3.63, 3.8) is 0 Å². The Labute approximate surface area is 198 Å². The first kappa shape index (κ1) is 21.3. The fourth-order valence-electron chi connectivity index (χ4n) is 3.75. The molecule has 0 aliphatic carbocycles. The molecule has 0 spiro atoms. The number of benzene rings is 3. The standard InChI is InChI=1S/C28H24N6/c1-19-29-25(21-10-5-3-6-11-21)17-27(31-19)33-23-14-9-15-24(16-23)34-28-18-26(30-20(2)32-28)22-12-7-4-8-13-22/h3-18H,1-2H3,(H,29,31,33)(H,30,32,34). The predicted molar refractivity (Wildman–Crippen MR) is 137 cm³/mol. The van der Waals surface area contributed by atoms with E-state index in [1.807, 2.05) is 111 Å². The number of rotatable bonds is 6. The van der Waals surface area contributed by atoms with Gasteiger partial charge in [0.05, 0.1) is 11.4 Å².